The van der Waals surface area contributed by atoms with Crippen LogP contribution in [0.25, 0.3) is 10.9 Å². The third kappa shape index (κ3) is 1.84. The standard InChI is InChI=1S/C10H9NO3S/c1-6-4-10(12)11-9-3-2-7(15(13)14)5-8(6)9/h2-5H,1H3,(H,11,12)(H,13,14). The van der Waals surface area contributed by atoms with E-state index in [0.717, 1.165) is 10.9 Å². The van der Waals surface area contributed by atoms with Crippen molar-refractivity contribution in [2.24, 2.45) is 0 Å². The number of H-pyrrole nitrogens is 1. The topological polar surface area (TPSA) is 70.2 Å². The molecule has 78 valence electrons. The number of aromatic nitrogens is 1. The van der Waals surface area contributed by atoms with Crippen LogP contribution in [0, 0.1) is 6.92 Å². The Morgan fingerprint density at radius 1 is 1.33 bits per heavy atom. The molecule has 2 N–H and O–H groups in total. The second-order valence-corrected chi connectivity index (χ2v) is 4.24. The van der Waals surface area contributed by atoms with Crippen LogP contribution < -0.4 is 5.56 Å². The van der Waals surface area contributed by atoms with Gasteiger partial charge >= 0.3 is 0 Å². The Morgan fingerprint density at radius 2 is 2.07 bits per heavy atom. The van der Waals surface area contributed by atoms with Crippen molar-refractivity contribution >= 4 is 22.0 Å². The molecule has 15 heavy (non-hydrogen) atoms. The van der Waals surface area contributed by atoms with Gasteiger partial charge in [0.1, 0.15) is 0 Å². The molecule has 1 atom stereocenters. The Bertz CT molecular complexity index is 603. The van der Waals surface area contributed by atoms with Gasteiger partial charge < -0.3 is 9.54 Å². The SMILES string of the molecule is Cc1cc(=O)[nH]c2ccc(S(=O)O)cc12. The lowest BCUT2D eigenvalue weighted by molar-refractivity contribution is 0.564. The summed E-state index contributed by atoms with van der Waals surface area (Å²) >= 11 is -1.99. The molecule has 2 aromatic rings. The van der Waals surface area contributed by atoms with Gasteiger partial charge in [-0.05, 0) is 30.7 Å². The van der Waals surface area contributed by atoms with Gasteiger partial charge in [0.25, 0.3) is 0 Å². The monoisotopic (exact) mass is 223 g/mol. The molecular weight excluding hydrogens is 214 g/mol. The van der Waals surface area contributed by atoms with Crippen LogP contribution in [0.15, 0.2) is 34.0 Å². The fourth-order valence-corrected chi connectivity index (χ4v) is 1.91. The molecule has 0 spiro atoms. The predicted molar refractivity (Wildman–Crippen MR) is 58.3 cm³/mol. The maximum absolute atomic E-state index is 11.2. The summed E-state index contributed by atoms with van der Waals surface area (Å²) in [5.74, 6) is 0. The molecule has 0 saturated carbocycles. The van der Waals surface area contributed by atoms with E-state index in [-0.39, 0.29) is 5.56 Å². The van der Waals surface area contributed by atoms with E-state index in [1.54, 1.807) is 19.1 Å². The summed E-state index contributed by atoms with van der Waals surface area (Å²) in [7, 11) is 0. The van der Waals surface area contributed by atoms with E-state index in [4.69, 9.17) is 4.55 Å². The average Bonchev–Trinajstić information content (AvgIpc) is 2.16. The van der Waals surface area contributed by atoms with Crippen LogP contribution in [0.5, 0.6) is 0 Å². The molecule has 1 aromatic heterocycles. The van der Waals surface area contributed by atoms with Crippen molar-refractivity contribution in [3.8, 4) is 0 Å². The molecule has 4 nitrogen and oxygen atoms in total. The van der Waals surface area contributed by atoms with Crippen LogP contribution in [0.3, 0.4) is 0 Å². The first-order valence-corrected chi connectivity index (χ1v) is 5.43. The highest BCUT2D eigenvalue weighted by Crippen LogP contribution is 2.17. The number of rotatable bonds is 1. The summed E-state index contributed by atoms with van der Waals surface area (Å²) in [4.78, 5) is 14.1. The summed E-state index contributed by atoms with van der Waals surface area (Å²) in [6, 6.07) is 6.23. The molecule has 0 aliphatic heterocycles. The molecule has 1 unspecified atom stereocenters. The molecule has 0 bridgehead atoms. The van der Waals surface area contributed by atoms with Crippen LogP contribution in [0.4, 0.5) is 0 Å². The maximum atomic E-state index is 11.2. The van der Waals surface area contributed by atoms with E-state index in [0.29, 0.717) is 10.4 Å². The lowest BCUT2D eigenvalue weighted by Crippen LogP contribution is -2.05. The van der Waals surface area contributed by atoms with Crippen LogP contribution in [0.1, 0.15) is 5.56 Å². The number of aryl methyl sites for hydroxylation is 1. The van der Waals surface area contributed by atoms with Crippen molar-refractivity contribution < 1.29 is 8.76 Å². The Hall–Kier alpha value is -1.46. The first-order chi connectivity index (χ1) is 7.08. The van der Waals surface area contributed by atoms with E-state index in [1.807, 2.05) is 0 Å². The third-order valence-corrected chi connectivity index (χ3v) is 2.88. The first kappa shape index (κ1) is 10.1. The molecule has 2 rings (SSSR count). The highest BCUT2D eigenvalue weighted by molar-refractivity contribution is 7.79. The van der Waals surface area contributed by atoms with E-state index in [2.05, 4.69) is 4.98 Å². The van der Waals surface area contributed by atoms with Gasteiger partial charge in [-0.1, -0.05) is 0 Å². The Morgan fingerprint density at radius 3 is 2.73 bits per heavy atom. The quantitative estimate of drug-likeness (QED) is 0.718. The van der Waals surface area contributed by atoms with Gasteiger partial charge in [-0.3, -0.25) is 4.79 Å². The predicted octanol–water partition coefficient (Wildman–Crippen LogP) is 1.42. The Balaban J connectivity index is 2.82. The smallest absolute Gasteiger partial charge is 0.248 e. The number of nitrogens with one attached hydrogen (secondary N) is 1. The minimum absolute atomic E-state index is 0.169. The highest BCUT2D eigenvalue weighted by Gasteiger charge is 2.04. The summed E-state index contributed by atoms with van der Waals surface area (Å²) in [6.07, 6.45) is 0. The summed E-state index contributed by atoms with van der Waals surface area (Å²) in [5.41, 5.74) is 1.30. The van der Waals surface area contributed by atoms with Crippen molar-refractivity contribution in [3.05, 3.63) is 40.2 Å². The third-order valence-electron chi connectivity index (χ3n) is 2.22. The lowest BCUT2D eigenvalue weighted by Gasteiger charge is -2.02. The fourth-order valence-electron chi connectivity index (χ4n) is 1.51. The molecule has 0 amide bonds. The van der Waals surface area contributed by atoms with Crippen molar-refractivity contribution in [2.45, 2.75) is 11.8 Å². The zero-order valence-electron chi connectivity index (χ0n) is 7.98. The normalized spacial score (nSPS) is 12.9. The van der Waals surface area contributed by atoms with E-state index in [9.17, 15) is 9.00 Å². The molecule has 0 aliphatic carbocycles. The van der Waals surface area contributed by atoms with Crippen LogP contribution in [-0.4, -0.2) is 13.7 Å². The minimum atomic E-state index is -1.99. The minimum Gasteiger partial charge on any atom is -0.322 e. The van der Waals surface area contributed by atoms with Gasteiger partial charge in [0, 0.05) is 17.0 Å². The number of pyridine rings is 1. The molecule has 0 radical (unpaired) electrons. The molecular formula is C10H9NO3S. The molecule has 1 heterocycles. The van der Waals surface area contributed by atoms with Gasteiger partial charge in [-0.15, -0.1) is 0 Å². The Labute approximate surface area is 88.2 Å². The van der Waals surface area contributed by atoms with Crippen LogP contribution in [-0.2, 0) is 11.1 Å². The number of hydrogen-bond donors (Lipinski definition) is 2. The maximum Gasteiger partial charge on any atom is 0.248 e. The molecule has 0 saturated heterocycles. The van der Waals surface area contributed by atoms with Gasteiger partial charge in [0.2, 0.25) is 5.56 Å². The van der Waals surface area contributed by atoms with Gasteiger partial charge in [-0.2, -0.15) is 0 Å². The van der Waals surface area contributed by atoms with E-state index in [1.165, 1.54) is 12.1 Å². The summed E-state index contributed by atoms with van der Waals surface area (Å²) < 4.78 is 19.8. The lowest BCUT2D eigenvalue weighted by atomic mass is 10.1. The number of hydrogen-bond acceptors (Lipinski definition) is 2. The van der Waals surface area contributed by atoms with Gasteiger partial charge in [-0.25, -0.2) is 4.21 Å². The van der Waals surface area contributed by atoms with Crippen LogP contribution >= 0.6 is 0 Å². The first-order valence-electron chi connectivity index (χ1n) is 4.32. The molecule has 1 aromatic carbocycles. The van der Waals surface area contributed by atoms with Crippen molar-refractivity contribution in [1.82, 2.24) is 4.98 Å². The fraction of sp³-hybridized carbons (Fsp3) is 0.100. The molecule has 5 heteroatoms. The number of fused-ring (bicyclic) bond motifs is 1. The second-order valence-electron chi connectivity index (χ2n) is 3.27. The van der Waals surface area contributed by atoms with Crippen molar-refractivity contribution in [2.75, 3.05) is 0 Å². The summed E-state index contributed by atoms with van der Waals surface area (Å²) in [6.45, 7) is 1.79. The van der Waals surface area contributed by atoms with E-state index >= 15 is 0 Å². The van der Waals surface area contributed by atoms with Gasteiger partial charge in [0.15, 0.2) is 11.1 Å². The number of aromatic amines is 1. The largest absolute Gasteiger partial charge is 0.322 e. The molecule has 0 fully saturated rings. The molecule has 0 aliphatic rings. The highest BCUT2D eigenvalue weighted by atomic mass is 32.2. The number of benzene rings is 1. The average molecular weight is 223 g/mol. The zero-order chi connectivity index (χ0) is 11.0. The van der Waals surface area contributed by atoms with Crippen molar-refractivity contribution in [3.63, 3.8) is 0 Å². The van der Waals surface area contributed by atoms with E-state index < -0.39 is 11.1 Å². The zero-order valence-corrected chi connectivity index (χ0v) is 8.80. The second kappa shape index (κ2) is 3.60. The van der Waals surface area contributed by atoms with Gasteiger partial charge in [0.05, 0.1) is 4.90 Å². The summed E-state index contributed by atoms with van der Waals surface area (Å²) in [5, 5.41) is 0.787. The Kier molecular flexibility index (Phi) is 2.42. The van der Waals surface area contributed by atoms with Crippen molar-refractivity contribution in [1.29, 1.82) is 0 Å². The van der Waals surface area contributed by atoms with Crippen LogP contribution in [0.2, 0.25) is 0 Å².